The van der Waals surface area contributed by atoms with Crippen LogP contribution in [0, 0.1) is 5.82 Å². The van der Waals surface area contributed by atoms with Crippen LogP contribution >= 0.6 is 15.9 Å². The van der Waals surface area contributed by atoms with E-state index in [-0.39, 0.29) is 5.82 Å². The number of hydrogen-bond donors (Lipinski definition) is 2. The van der Waals surface area contributed by atoms with Crippen molar-refractivity contribution in [3.63, 3.8) is 0 Å². The molecule has 2 aromatic rings. The Morgan fingerprint density at radius 1 is 1.32 bits per heavy atom. The number of hydrogen-bond acceptors (Lipinski definition) is 2. The highest BCUT2D eigenvalue weighted by Crippen LogP contribution is 2.15. The molecule has 118 valence electrons. The molecule has 2 N–H and O–H groups in total. The fraction of sp³-hybridized carbons (Fsp3) is 0.312. The van der Waals surface area contributed by atoms with Gasteiger partial charge in [-0.05, 0) is 49.2 Å². The van der Waals surface area contributed by atoms with Crippen LogP contribution < -0.4 is 10.6 Å². The summed E-state index contributed by atoms with van der Waals surface area (Å²) in [7, 11) is 0. The molecule has 0 radical (unpaired) electrons. The summed E-state index contributed by atoms with van der Waals surface area (Å²) in [6, 6.07) is 8.67. The lowest BCUT2D eigenvalue weighted by Crippen LogP contribution is -2.38. The van der Waals surface area contributed by atoms with E-state index >= 15 is 0 Å². The Morgan fingerprint density at radius 3 is 2.91 bits per heavy atom. The molecular formula is C16H19BrFN3O. The first-order valence-electron chi connectivity index (χ1n) is 7.17. The number of benzene rings is 1. The van der Waals surface area contributed by atoms with Crippen LogP contribution in [0.15, 0.2) is 50.5 Å². The normalized spacial score (nSPS) is 11.5. The third-order valence-corrected chi connectivity index (χ3v) is 3.51. The van der Waals surface area contributed by atoms with Crippen LogP contribution in [0.2, 0.25) is 0 Å². The highest BCUT2D eigenvalue weighted by Gasteiger charge is 2.04. The molecule has 6 heteroatoms. The largest absolute Gasteiger partial charge is 0.467 e. The Kier molecular flexibility index (Phi) is 6.45. The maximum absolute atomic E-state index is 13.7. The van der Waals surface area contributed by atoms with E-state index in [1.807, 2.05) is 19.1 Å². The van der Waals surface area contributed by atoms with E-state index in [4.69, 9.17) is 4.42 Å². The molecule has 0 amide bonds. The summed E-state index contributed by atoms with van der Waals surface area (Å²) in [6.45, 7) is 3.82. The molecule has 4 nitrogen and oxygen atoms in total. The maximum Gasteiger partial charge on any atom is 0.191 e. The lowest BCUT2D eigenvalue weighted by atomic mass is 10.1. The van der Waals surface area contributed by atoms with Crippen molar-refractivity contribution in [1.82, 2.24) is 10.6 Å². The molecule has 0 saturated carbocycles. The summed E-state index contributed by atoms with van der Waals surface area (Å²) < 4.78 is 19.8. The smallest absolute Gasteiger partial charge is 0.191 e. The van der Waals surface area contributed by atoms with Crippen molar-refractivity contribution in [2.24, 2.45) is 4.99 Å². The molecule has 0 unspecified atom stereocenters. The zero-order valence-electron chi connectivity index (χ0n) is 12.4. The topological polar surface area (TPSA) is 49.6 Å². The molecule has 0 fully saturated rings. The second-order valence-electron chi connectivity index (χ2n) is 4.69. The minimum Gasteiger partial charge on any atom is -0.467 e. The molecule has 0 saturated heterocycles. The second-order valence-corrected chi connectivity index (χ2v) is 5.60. The predicted molar refractivity (Wildman–Crippen MR) is 89.3 cm³/mol. The average molecular weight is 368 g/mol. The number of aliphatic imine (C=N–C) groups is 1. The van der Waals surface area contributed by atoms with Crippen molar-refractivity contribution in [2.45, 2.75) is 19.9 Å². The predicted octanol–water partition coefficient (Wildman–Crippen LogP) is 3.48. The molecule has 0 aliphatic carbocycles. The van der Waals surface area contributed by atoms with Gasteiger partial charge in [0.1, 0.15) is 18.1 Å². The molecule has 0 aliphatic rings. The van der Waals surface area contributed by atoms with Gasteiger partial charge in [0.25, 0.3) is 0 Å². The van der Waals surface area contributed by atoms with E-state index in [1.54, 1.807) is 18.4 Å². The van der Waals surface area contributed by atoms with Crippen LogP contribution in [-0.4, -0.2) is 19.0 Å². The Hall–Kier alpha value is -1.82. The van der Waals surface area contributed by atoms with Gasteiger partial charge in [0.2, 0.25) is 0 Å². The molecule has 1 heterocycles. The van der Waals surface area contributed by atoms with E-state index in [9.17, 15) is 4.39 Å². The van der Waals surface area contributed by atoms with E-state index in [0.717, 1.165) is 16.8 Å². The van der Waals surface area contributed by atoms with Crippen molar-refractivity contribution >= 4 is 21.9 Å². The lowest BCUT2D eigenvalue weighted by Gasteiger charge is -2.11. The Labute approximate surface area is 138 Å². The fourth-order valence-electron chi connectivity index (χ4n) is 1.95. The third-order valence-electron chi connectivity index (χ3n) is 3.01. The van der Waals surface area contributed by atoms with Crippen molar-refractivity contribution in [3.05, 3.63) is 58.2 Å². The standard InChI is InChI=1S/C16H19BrFN3O/c1-2-19-16(21-11-14-4-3-9-22-14)20-8-7-12-10-13(17)5-6-15(12)18/h3-6,9-10H,2,7-8,11H2,1H3,(H2,19,20,21). The van der Waals surface area contributed by atoms with Crippen LogP contribution in [0.4, 0.5) is 4.39 Å². The number of guanidine groups is 1. The number of nitrogens with zero attached hydrogens (tertiary/aromatic N) is 1. The van der Waals surface area contributed by atoms with Gasteiger partial charge in [-0.1, -0.05) is 15.9 Å². The first-order valence-corrected chi connectivity index (χ1v) is 7.97. The Morgan fingerprint density at radius 2 is 2.18 bits per heavy atom. The summed E-state index contributed by atoms with van der Waals surface area (Å²) >= 11 is 3.36. The molecule has 0 spiro atoms. The van der Waals surface area contributed by atoms with Crippen molar-refractivity contribution in [1.29, 1.82) is 0 Å². The maximum atomic E-state index is 13.7. The van der Waals surface area contributed by atoms with Gasteiger partial charge >= 0.3 is 0 Å². The Bertz CT molecular complexity index is 614. The van der Waals surface area contributed by atoms with E-state index in [1.165, 1.54) is 6.07 Å². The molecule has 2 rings (SSSR count). The molecular weight excluding hydrogens is 349 g/mol. The van der Waals surface area contributed by atoms with Crippen molar-refractivity contribution < 1.29 is 8.81 Å². The third kappa shape index (κ3) is 5.18. The Balaban J connectivity index is 1.88. The van der Waals surface area contributed by atoms with Crippen LogP contribution in [0.5, 0.6) is 0 Å². The molecule has 0 bridgehead atoms. The molecule has 1 aromatic carbocycles. The molecule has 1 aromatic heterocycles. The number of rotatable bonds is 6. The molecule has 22 heavy (non-hydrogen) atoms. The highest BCUT2D eigenvalue weighted by atomic mass is 79.9. The molecule has 0 aliphatic heterocycles. The summed E-state index contributed by atoms with van der Waals surface area (Å²) in [5, 5.41) is 6.35. The average Bonchev–Trinajstić information content (AvgIpc) is 3.01. The molecule has 0 atom stereocenters. The minimum atomic E-state index is -0.192. The summed E-state index contributed by atoms with van der Waals surface area (Å²) in [5.74, 6) is 1.30. The van der Waals surface area contributed by atoms with Gasteiger partial charge in [-0.15, -0.1) is 0 Å². The van der Waals surface area contributed by atoms with Crippen molar-refractivity contribution in [2.75, 3.05) is 13.1 Å². The zero-order valence-corrected chi connectivity index (χ0v) is 14.0. The minimum absolute atomic E-state index is 0.192. The first kappa shape index (κ1) is 16.5. The van der Waals surface area contributed by atoms with Gasteiger partial charge in [0.05, 0.1) is 6.26 Å². The highest BCUT2D eigenvalue weighted by molar-refractivity contribution is 9.10. The number of nitrogens with one attached hydrogen (secondary N) is 2. The van der Waals surface area contributed by atoms with Crippen LogP contribution in [0.1, 0.15) is 18.2 Å². The van der Waals surface area contributed by atoms with Crippen molar-refractivity contribution in [3.8, 4) is 0 Å². The quantitative estimate of drug-likeness (QED) is 0.606. The zero-order chi connectivity index (χ0) is 15.8. The van der Waals surface area contributed by atoms with Gasteiger partial charge in [0, 0.05) is 17.6 Å². The fourth-order valence-corrected chi connectivity index (χ4v) is 2.36. The van der Waals surface area contributed by atoms with Crippen LogP contribution in [-0.2, 0) is 13.0 Å². The summed E-state index contributed by atoms with van der Waals surface area (Å²) in [6.07, 6.45) is 2.21. The monoisotopic (exact) mass is 367 g/mol. The van der Waals surface area contributed by atoms with Gasteiger partial charge in [0.15, 0.2) is 5.96 Å². The summed E-state index contributed by atoms with van der Waals surface area (Å²) in [4.78, 5) is 4.42. The van der Waals surface area contributed by atoms with Gasteiger partial charge < -0.3 is 15.1 Å². The summed E-state index contributed by atoms with van der Waals surface area (Å²) in [5.41, 5.74) is 0.670. The number of halogens is 2. The van der Waals surface area contributed by atoms with Gasteiger partial charge in [-0.25, -0.2) is 9.38 Å². The number of furan rings is 1. The van der Waals surface area contributed by atoms with Gasteiger partial charge in [-0.3, -0.25) is 0 Å². The lowest BCUT2D eigenvalue weighted by molar-refractivity contribution is 0.512. The first-order chi connectivity index (χ1) is 10.7. The van der Waals surface area contributed by atoms with E-state index < -0.39 is 0 Å². The second kappa shape index (κ2) is 8.58. The van der Waals surface area contributed by atoms with E-state index in [0.29, 0.717) is 31.0 Å². The SMILES string of the molecule is CCNC(=NCc1ccco1)NCCc1cc(Br)ccc1F. The van der Waals surface area contributed by atoms with Crippen LogP contribution in [0.3, 0.4) is 0 Å². The van der Waals surface area contributed by atoms with E-state index in [2.05, 4.69) is 31.6 Å². The van der Waals surface area contributed by atoms with Gasteiger partial charge in [-0.2, -0.15) is 0 Å². The van der Waals surface area contributed by atoms with Crippen LogP contribution in [0.25, 0.3) is 0 Å².